The topological polar surface area (TPSA) is 62.6 Å². The Kier molecular flexibility index (Phi) is 5.51. The largest absolute Gasteiger partial charge is 0.459 e. The predicted octanol–water partition coefficient (Wildman–Crippen LogP) is 3.93. The average Bonchev–Trinajstić information content (AvgIpc) is 3.27. The van der Waals surface area contributed by atoms with Gasteiger partial charge in [-0.05, 0) is 54.9 Å². The molecule has 2 aromatic rings. The van der Waals surface area contributed by atoms with Crippen molar-refractivity contribution in [3.05, 3.63) is 59.5 Å². The van der Waals surface area contributed by atoms with E-state index in [2.05, 4.69) is 18.3 Å². The van der Waals surface area contributed by atoms with E-state index >= 15 is 0 Å². The highest BCUT2D eigenvalue weighted by Gasteiger charge is 2.37. The Bertz CT molecular complexity index is 822. The van der Waals surface area contributed by atoms with Crippen molar-refractivity contribution in [2.45, 2.75) is 64.1 Å². The van der Waals surface area contributed by atoms with E-state index < -0.39 is 6.04 Å². The second kappa shape index (κ2) is 8.21. The van der Waals surface area contributed by atoms with Gasteiger partial charge in [-0.2, -0.15) is 0 Å². The lowest BCUT2D eigenvalue weighted by Gasteiger charge is -2.37. The quantitative estimate of drug-likeness (QED) is 0.874. The van der Waals surface area contributed by atoms with Crippen LogP contribution in [0.25, 0.3) is 0 Å². The fraction of sp³-hybridized carbons (Fsp3) is 0.478. The van der Waals surface area contributed by atoms with Gasteiger partial charge in [-0.15, -0.1) is 0 Å². The first-order valence-corrected chi connectivity index (χ1v) is 10.4. The molecule has 1 fully saturated rings. The molecule has 148 valence electrons. The lowest BCUT2D eigenvalue weighted by Crippen LogP contribution is -2.54. The SMILES string of the molecule is CCC1CCC(NC(=O)C2Cc3ccccc3CN2C(=O)c2ccco2)CC1. The fourth-order valence-corrected chi connectivity index (χ4v) is 4.52. The summed E-state index contributed by atoms with van der Waals surface area (Å²) >= 11 is 0. The number of carbonyl (C=O) groups is 2. The van der Waals surface area contributed by atoms with Crippen molar-refractivity contribution in [2.24, 2.45) is 5.92 Å². The van der Waals surface area contributed by atoms with E-state index in [1.54, 1.807) is 17.0 Å². The first kappa shape index (κ1) is 18.8. The number of amides is 2. The Hall–Kier alpha value is -2.56. The highest BCUT2D eigenvalue weighted by Crippen LogP contribution is 2.28. The van der Waals surface area contributed by atoms with Crippen molar-refractivity contribution in [3.63, 3.8) is 0 Å². The third-order valence-electron chi connectivity index (χ3n) is 6.31. The van der Waals surface area contributed by atoms with Crippen LogP contribution in [0.5, 0.6) is 0 Å². The van der Waals surface area contributed by atoms with E-state index in [9.17, 15) is 9.59 Å². The van der Waals surface area contributed by atoms with Gasteiger partial charge in [0.2, 0.25) is 5.91 Å². The van der Waals surface area contributed by atoms with E-state index in [1.807, 2.05) is 18.2 Å². The summed E-state index contributed by atoms with van der Waals surface area (Å²) in [5.41, 5.74) is 2.23. The number of furan rings is 1. The van der Waals surface area contributed by atoms with Crippen LogP contribution in [0.3, 0.4) is 0 Å². The summed E-state index contributed by atoms with van der Waals surface area (Å²) in [4.78, 5) is 27.8. The van der Waals surface area contributed by atoms with Crippen LogP contribution in [-0.2, 0) is 17.8 Å². The van der Waals surface area contributed by atoms with Gasteiger partial charge in [-0.1, -0.05) is 37.6 Å². The molecule has 1 aliphatic heterocycles. The van der Waals surface area contributed by atoms with Crippen LogP contribution >= 0.6 is 0 Å². The Balaban J connectivity index is 1.52. The molecule has 1 aromatic heterocycles. The van der Waals surface area contributed by atoms with Crippen molar-refractivity contribution < 1.29 is 14.0 Å². The number of hydrogen-bond donors (Lipinski definition) is 1. The number of fused-ring (bicyclic) bond motifs is 1. The molecule has 2 aliphatic rings. The first-order valence-electron chi connectivity index (χ1n) is 10.4. The minimum atomic E-state index is -0.503. The molecule has 0 saturated heterocycles. The molecule has 1 saturated carbocycles. The zero-order chi connectivity index (χ0) is 19.5. The van der Waals surface area contributed by atoms with Crippen molar-refractivity contribution in [2.75, 3.05) is 0 Å². The molecular weight excluding hydrogens is 352 g/mol. The summed E-state index contributed by atoms with van der Waals surface area (Å²) in [6, 6.07) is 11.1. The maximum atomic E-state index is 13.2. The third-order valence-corrected chi connectivity index (χ3v) is 6.31. The minimum Gasteiger partial charge on any atom is -0.459 e. The average molecular weight is 380 g/mol. The molecule has 1 aliphatic carbocycles. The molecule has 4 rings (SSSR count). The number of hydrogen-bond acceptors (Lipinski definition) is 3. The molecule has 1 atom stereocenters. The van der Waals surface area contributed by atoms with Gasteiger partial charge in [0.1, 0.15) is 6.04 Å². The predicted molar refractivity (Wildman–Crippen MR) is 107 cm³/mol. The monoisotopic (exact) mass is 380 g/mol. The number of carbonyl (C=O) groups excluding carboxylic acids is 2. The van der Waals surface area contributed by atoms with Gasteiger partial charge in [0, 0.05) is 19.0 Å². The zero-order valence-corrected chi connectivity index (χ0v) is 16.4. The van der Waals surface area contributed by atoms with Crippen LogP contribution < -0.4 is 5.32 Å². The highest BCUT2D eigenvalue weighted by atomic mass is 16.3. The standard InChI is InChI=1S/C23H28N2O3/c1-2-16-9-11-19(12-10-16)24-22(26)20-14-17-6-3-4-7-18(17)15-25(20)23(27)21-8-5-13-28-21/h3-8,13,16,19-20H,2,9-12,14-15H2,1H3,(H,24,26). The smallest absolute Gasteiger partial charge is 0.290 e. The maximum absolute atomic E-state index is 13.2. The zero-order valence-electron chi connectivity index (χ0n) is 16.4. The molecule has 5 nitrogen and oxygen atoms in total. The molecule has 1 N–H and O–H groups in total. The van der Waals surface area contributed by atoms with Crippen molar-refractivity contribution in [1.29, 1.82) is 0 Å². The first-order chi connectivity index (χ1) is 13.7. The summed E-state index contributed by atoms with van der Waals surface area (Å²) < 4.78 is 5.32. The second-order valence-electron chi connectivity index (χ2n) is 8.03. The van der Waals surface area contributed by atoms with Gasteiger partial charge in [-0.3, -0.25) is 9.59 Å². The third kappa shape index (κ3) is 3.84. The van der Waals surface area contributed by atoms with Crippen LogP contribution in [0.2, 0.25) is 0 Å². The van der Waals surface area contributed by atoms with Gasteiger partial charge in [0.25, 0.3) is 5.91 Å². The van der Waals surface area contributed by atoms with Crippen molar-refractivity contribution >= 4 is 11.8 Å². The Morgan fingerprint density at radius 1 is 1.07 bits per heavy atom. The summed E-state index contributed by atoms with van der Waals surface area (Å²) in [5, 5.41) is 3.23. The lowest BCUT2D eigenvalue weighted by atomic mass is 9.84. The molecule has 0 spiro atoms. The van der Waals surface area contributed by atoms with E-state index in [4.69, 9.17) is 4.42 Å². The van der Waals surface area contributed by atoms with Crippen molar-refractivity contribution in [1.82, 2.24) is 10.2 Å². The van der Waals surface area contributed by atoms with Crippen LogP contribution in [0.4, 0.5) is 0 Å². The van der Waals surface area contributed by atoms with Gasteiger partial charge in [-0.25, -0.2) is 0 Å². The van der Waals surface area contributed by atoms with Crippen LogP contribution in [0.1, 0.15) is 60.7 Å². The van der Waals surface area contributed by atoms with Gasteiger partial charge in [0.15, 0.2) is 5.76 Å². The fourth-order valence-electron chi connectivity index (χ4n) is 4.52. The molecule has 0 radical (unpaired) electrons. The van der Waals surface area contributed by atoms with E-state index in [-0.39, 0.29) is 23.6 Å². The van der Waals surface area contributed by atoms with E-state index in [0.717, 1.165) is 29.9 Å². The number of nitrogens with one attached hydrogen (secondary N) is 1. The molecule has 5 heteroatoms. The maximum Gasteiger partial charge on any atom is 0.290 e. The normalized spacial score (nSPS) is 24.5. The molecule has 1 unspecified atom stereocenters. The summed E-state index contributed by atoms with van der Waals surface area (Å²) in [7, 11) is 0. The molecule has 2 heterocycles. The number of benzene rings is 1. The Morgan fingerprint density at radius 2 is 1.82 bits per heavy atom. The Labute approximate surface area is 166 Å². The number of nitrogens with zero attached hydrogens (tertiary/aromatic N) is 1. The molecule has 2 amide bonds. The Morgan fingerprint density at radius 3 is 2.50 bits per heavy atom. The lowest BCUT2D eigenvalue weighted by molar-refractivity contribution is -0.127. The van der Waals surface area contributed by atoms with Gasteiger partial charge >= 0.3 is 0 Å². The van der Waals surface area contributed by atoms with Crippen LogP contribution in [0.15, 0.2) is 47.1 Å². The molecule has 1 aromatic carbocycles. The van der Waals surface area contributed by atoms with Gasteiger partial charge in [0.05, 0.1) is 6.26 Å². The molecule has 0 bridgehead atoms. The van der Waals surface area contributed by atoms with Crippen LogP contribution in [-0.4, -0.2) is 28.8 Å². The van der Waals surface area contributed by atoms with E-state index in [1.165, 1.54) is 25.5 Å². The summed E-state index contributed by atoms with van der Waals surface area (Å²) in [5.74, 6) is 0.788. The van der Waals surface area contributed by atoms with E-state index in [0.29, 0.717) is 13.0 Å². The van der Waals surface area contributed by atoms with Crippen LogP contribution in [0, 0.1) is 5.92 Å². The summed E-state index contributed by atoms with van der Waals surface area (Å²) in [6.07, 6.45) is 7.64. The molecule has 28 heavy (non-hydrogen) atoms. The number of rotatable bonds is 4. The second-order valence-corrected chi connectivity index (χ2v) is 8.03. The minimum absolute atomic E-state index is 0.0469. The van der Waals surface area contributed by atoms with Crippen molar-refractivity contribution in [3.8, 4) is 0 Å². The highest BCUT2D eigenvalue weighted by molar-refractivity contribution is 5.96. The molecular formula is C23H28N2O3. The van der Waals surface area contributed by atoms with Gasteiger partial charge < -0.3 is 14.6 Å². The summed E-state index contributed by atoms with van der Waals surface area (Å²) in [6.45, 7) is 2.66.